The summed E-state index contributed by atoms with van der Waals surface area (Å²) in [5.74, 6) is 1.40. The van der Waals surface area contributed by atoms with Gasteiger partial charge in [0.2, 0.25) is 0 Å². The number of benzene rings is 1. The Kier molecular flexibility index (Phi) is 4.33. The Morgan fingerprint density at radius 2 is 2.17 bits per heavy atom. The number of para-hydroxylation sites is 2. The number of hydrogen-bond acceptors (Lipinski definition) is 3. The zero-order valence-corrected chi connectivity index (χ0v) is 11.1. The Labute approximate surface area is 108 Å². The number of methoxy groups -OCH3 is 1. The second-order valence-electron chi connectivity index (χ2n) is 4.44. The summed E-state index contributed by atoms with van der Waals surface area (Å²) >= 11 is 0. The van der Waals surface area contributed by atoms with E-state index in [0.717, 1.165) is 29.8 Å². The third-order valence-corrected chi connectivity index (χ3v) is 3.35. The number of rotatable bonds is 6. The maximum atomic E-state index is 5.85. The average Bonchev–Trinajstić information content (AvgIpc) is 2.76. The topological polar surface area (TPSA) is 53.1 Å². The molecule has 2 rings (SSSR count). The zero-order chi connectivity index (χ0) is 13.0. The van der Waals surface area contributed by atoms with Crippen LogP contribution in [-0.4, -0.2) is 29.8 Å². The summed E-state index contributed by atoms with van der Waals surface area (Å²) in [6.07, 6.45) is 1.01. The monoisotopic (exact) mass is 247 g/mol. The number of hydrogen-bond donors (Lipinski definition) is 1. The van der Waals surface area contributed by atoms with Gasteiger partial charge in [-0.15, -0.1) is 0 Å². The normalized spacial score (nSPS) is 13.1. The van der Waals surface area contributed by atoms with Crippen molar-refractivity contribution in [2.75, 3.05) is 20.3 Å². The van der Waals surface area contributed by atoms with E-state index < -0.39 is 0 Å². The van der Waals surface area contributed by atoms with Gasteiger partial charge in [-0.25, -0.2) is 4.98 Å². The van der Waals surface area contributed by atoms with Crippen molar-refractivity contribution >= 4 is 11.0 Å². The van der Waals surface area contributed by atoms with Crippen LogP contribution in [0, 0.1) is 0 Å². The lowest BCUT2D eigenvalue weighted by molar-refractivity contribution is 0.187. The van der Waals surface area contributed by atoms with Gasteiger partial charge in [-0.3, -0.25) is 0 Å². The molecule has 1 unspecified atom stereocenters. The molecule has 0 bridgehead atoms. The van der Waals surface area contributed by atoms with E-state index in [4.69, 9.17) is 15.5 Å². The van der Waals surface area contributed by atoms with Crippen LogP contribution in [0.25, 0.3) is 11.0 Å². The van der Waals surface area contributed by atoms with Crippen molar-refractivity contribution < 1.29 is 4.74 Å². The lowest BCUT2D eigenvalue weighted by Gasteiger charge is -2.15. The predicted octanol–water partition coefficient (Wildman–Crippen LogP) is 2.13. The second-order valence-corrected chi connectivity index (χ2v) is 4.44. The molecule has 0 saturated heterocycles. The van der Waals surface area contributed by atoms with Crippen LogP contribution >= 0.6 is 0 Å². The van der Waals surface area contributed by atoms with E-state index >= 15 is 0 Å². The van der Waals surface area contributed by atoms with Crippen LogP contribution in [0.5, 0.6) is 0 Å². The fourth-order valence-electron chi connectivity index (χ4n) is 2.28. The molecule has 0 aliphatic rings. The average molecular weight is 247 g/mol. The van der Waals surface area contributed by atoms with Gasteiger partial charge in [-0.1, -0.05) is 19.1 Å². The highest BCUT2D eigenvalue weighted by Crippen LogP contribution is 2.23. The van der Waals surface area contributed by atoms with Crippen molar-refractivity contribution in [2.24, 2.45) is 5.73 Å². The summed E-state index contributed by atoms with van der Waals surface area (Å²) in [6, 6.07) is 8.21. The van der Waals surface area contributed by atoms with Gasteiger partial charge >= 0.3 is 0 Å². The molecule has 1 atom stereocenters. The summed E-state index contributed by atoms with van der Waals surface area (Å²) in [5, 5.41) is 0. The summed E-state index contributed by atoms with van der Waals surface area (Å²) < 4.78 is 7.42. The van der Waals surface area contributed by atoms with Gasteiger partial charge in [-0.2, -0.15) is 0 Å². The molecule has 18 heavy (non-hydrogen) atoms. The van der Waals surface area contributed by atoms with Gasteiger partial charge in [-0.05, 0) is 18.6 Å². The van der Waals surface area contributed by atoms with Gasteiger partial charge in [0.1, 0.15) is 5.82 Å². The van der Waals surface area contributed by atoms with Gasteiger partial charge in [0.15, 0.2) is 0 Å². The maximum absolute atomic E-state index is 5.85. The fourth-order valence-corrected chi connectivity index (χ4v) is 2.28. The molecule has 0 aliphatic heterocycles. The largest absolute Gasteiger partial charge is 0.383 e. The molecule has 1 aromatic heterocycles. The van der Waals surface area contributed by atoms with Crippen molar-refractivity contribution in [3.63, 3.8) is 0 Å². The summed E-state index contributed by atoms with van der Waals surface area (Å²) in [4.78, 5) is 4.73. The van der Waals surface area contributed by atoms with E-state index in [1.807, 2.05) is 18.2 Å². The molecule has 4 heteroatoms. The number of nitrogens with zero attached hydrogens (tertiary/aromatic N) is 2. The van der Waals surface area contributed by atoms with Gasteiger partial charge in [0, 0.05) is 26.1 Å². The van der Waals surface area contributed by atoms with E-state index in [0.29, 0.717) is 19.1 Å². The summed E-state index contributed by atoms with van der Waals surface area (Å²) in [6.45, 7) is 4.29. The van der Waals surface area contributed by atoms with E-state index in [-0.39, 0.29) is 0 Å². The van der Waals surface area contributed by atoms with Crippen molar-refractivity contribution in [1.82, 2.24) is 9.55 Å². The molecule has 0 fully saturated rings. The number of fused-ring (bicyclic) bond motifs is 1. The molecule has 0 aliphatic carbocycles. The quantitative estimate of drug-likeness (QED) is 0.850. The molecule has 4 nitrogen and oxygen atoms in total. The smallest absolute Gasteiger partial charge is 0.114 e. The molecule has 2 N–H and O–H groups in total. The number of nitrogens with two attached hydrogens (primary N) is 1. The van der Waals surface area contributed by atoms with Crippen LogP contribution in [0.1, 0.15) is 25.1 Å². The van der Waals surface area contributed by atoms with Crippen LogP contribution in [0.15, 0.2) is 24.3 Å². The minimum atomic E-state index is 0.314. The maximum Gasteiger partial charge on any atom is 0.114 e. The minimum absolute atomic E-state index is 0.314. The number of aromatic nitrogens is 2. The van der Waals surface area contributed by atoms with Crippen LogP contribution in [-0.2, 0) is 11.3 Å². The van der Waals surface area contributed by atoms with Crippen LogP contribution < -0.4 is 5.73 Å². The molecule has 0 radical (unpaired) electrons. The van der Waals surface area contributed by atoms with Gasteiger partial charge in [0.25, 0.3) is 0 Å². The Bertz CT molecular complexity index is 503. The van der Waals surface area contributed by atoms with Gasteiger partial charge in [0.05, 0.1) is 17.6 Å². The third-order valence-electron chi connectivity index (χ3n) is 3.35. The molecule has 98 valence electrons. The SMILES string of the molecule is CCC(CN)c1nc2ccccc2n1CCOC. The number of imidazole rings is 1. The predicted molar refractivity (Wildman–Crippen MR) is 73.7 cm³/mol. The molecular weight excluding hydrogens is 226 g/mol. The van der Waals surface area contributed by atoms with Crippen molar-refractivity contribution in [1.29, 1.82) is 0 Å². The first kappa shape index (κ1) is 13.1. The minimum Gasteiger partial charge on any atom is -0.383 e. The standard InChI is InChI=1S/C14H21N3O/c1-3-11(10-15)14-16-12-6-4-5-7-13(12)17(14)8-9-18-2/h4-7,11H,3,8-10,15H2,1-2H3. The summed E-state index contributed by atoms with van der Waals surface area (Å²) in [7, 11) is 1.72. The first-order valence-electron chi connectivity index (χ1n) is 6.46. The van der Waals surface area contributed by atoms with Crippen molar-refractivity contribution in [3.8, 4) is 0 Å². The fraction of sp³-hybridized carbons (Fsp3) is 0.500. The Morgan fingerprint density at radius 3 is 2.83 bits per heavy atom. The second kappa shape index (κ2) is 5.98. The Morgan fingerprint density at radius 1 is 1.39 bits per heavy atom. The first-order valence-corrected chi connectivity index (χ1v) is 6.46. The van der Waals surface area contributed by atoms with E-state index in [1.54, 1.807) is 7.11 Å². The van der Waals surface area contributed by atoms with Crippen LogP contribution in [0.2, 0.25) is 0 Å². The van der Waals surface area contributed by atoms with E-state index in [9.17, 15) is 0 Å². The Hall–Kier alpha value is -1.39. The molecule has 0 spiro atoms. The van der Waals surface area contributed by atoms with E-state index in [1.165, 1.54) is 0 Å². The highest BCUT2D eigenvalue weighted by molar-refractivity contribution is 5.76. The van der Waals surface area contributed by atoms with Crippen molar-refractivity contribution in [3.05, 3.63) is 30.1 Å². The number of ether oxygens (including phenoxy) is 1. The van der Waals surface area contributed by atoms with Crippen molar-refractivity contribution in [2.45, 2.75) is 25.8 Å². The highest BCUT2D eigenvalue weighted by Gasteiger charge is 2.17. The third kappa shape index (κ3) is 2.40. The lowest BCUT2D eigenvalue weighted by atomic mass is 10.1. The summed E-state index contributed by atoms with van der Waals surface area (Å²) in [5.41, 5.74) is 8.05. The lowest BCUT2D eigenvalue weighted by Crippen LogP contribution is -2.18. The zero-order valence-electron chi connectivity index (χ0n) is 11.1. The molecule has 1 aromatic carbocycles. The van der Waals surface area contributed by atoms with Crippen LogP contribution in [0.4, 0.5) is 0 Å². The molecular formula is C14H21N3O. The molecule has 1 heterocycles. The van der Waals surface area contributed by atoms with Gasteiger partial charge < -0.3 is 15.0 Å². The molecule has 0 amide bonds. The molecule has 0 saturated carbocycles. The highest BCUT2D eigenvalue weighted by atomic mass is 16.5. The van der Waals surface area contributed by atoms with E-state index in [2.05, 4.69) is 17.6 Å². The molecule has 2 aromatic rings. The Balaban J connectivity index is 2.48. The first-order chi connectivity index (χ1) is 8.81. The van der Waals surface area contributed by atoms with Crippen LogP contribution in [0.3, 0.4) is 0 Å².